The standard InChI is InChI=1S/C25H29FN2O3S2/c1-19(2)15-28(33(30,31)24-12-6-20(3)7-13-24)18-25(29)27(17-23-5-4-14-32-23)16-21-8-10-22(26)11-9-21/h4-14,19H,15-18H2,1-3H3. The molecule has 8 heteroatoms. The largest absolute Gasteiger partial charge is 0.332 e. The van der Waals surface area contributed by atoms with Crippen LogP contribution >= 0.6 is 11.3 Å². The van der Waals surface area contributed by atoms with Crippen molar-refractivity contribution in [2.24, 2.45) is 5.92 Å². The van der Waals surface area contributed by atoms with Crippen molar-refractivity contribution in [1.29, 1.82) is 0 Å². The molecule has 0 N–H and O–H groups in total. The summed E-state index contributed by atoms with van der Waals surface area (Å²) in [6, 6.07) is 16.5. The number of rotatable bonds is 10. The zero-order valence-corrected chi connectivity index (χ0v) is 20.7. The van der Waals surface area contributed by atoms with E-state index >= 15 is 0 Å². The molecule has 2 aromatic carbocycles. The second-order valence-electron chi connectivity index (χ2n) is 8.46. The van der Waals surface area contributed by atoms with Crippen LogP contribution in [0.3, 0.4) is 0 Å². The van der Waals surface area contributed by atoms with E-state index in [-0.39, 0.29) is 42.2 Å². The minimum absolute atomic E-state index is 0.0425. The average Bonchev–Trinajstić information content (AvgIpc) is 3.27. The van der Waals surface area contributed by atoms with Crippen molar-refractivity contribution >= 4 is 27.3 Å². The average molecular weight is 489 g/mol. The van der Waals surface area contributed by atoms with Crippen LogP contribution in [-0.2, 0) is 27.9 Å². The van der Waals surface area contributed by atoms with Crippen molar-refractivity contribution in [2.75, 3.05) is 13.1 Å². The van der Waals surface area contributed by atoms with E-state index in [0.717, 1.165) is 16.0 Å². The van der Waals surface area contributed by atoms with Crippen molar-refractivity contribution < 1.29 is 17.6 Å². The number of hydrogen-bond donors (Lipinski definition) is 0. The molecule has 0 fully saturated rings. The van der Waals surface area contributed by atoms with Gasteiger partial charge in [-0.3, -0.25) is 4.79 Å². The molecule has 0 saturated heterocycles. The smallest absolute Gasteiger partial charge is 0.243 e. The topological polar surface area (TPSA) is 57.7 Å². The third kappa shape index (κ3) is 6.96. The lowest BCUT2D eigenvalue weighted by atomic mass is 10.2. The molecule has 1 heterocycles. The number of amides is 1. The summed E-state index contributed by atoms with van der Waals surface area (Å²) in [7, 11) is -3.84. The normalized spacial score (nSPS) is 11.8. The molecule has 0 spiro atoms. The van der Waals surface area contributed by atoms with Crippen LogP contribution in [0.1, 0.15) is 29.9 Å². The zero-order chi connectivity index (χ0) is 24.0. The molecule has 3 rings (SSSR count). The van der Waals surface area contributed by atoms with Gasteiger partial charge in [0, 0.05) is 18.0 Å². The van der Waals surface area contributed by atoms with Gasteiger partial charge in [0.1, 0.15) is 5.82 Å². The Bertz CT molecular complexity index is 1140. The third-order valence-corrected chi connectivity index (χ3v) is 7.79. The Kier molecular flexibility index (Phi) is 8.40. The molecule has 33 heavy (non-hydrogen) atoms. The summed E-state index contributed by atoms with van der Waals surface area (Å²) in [6.45, 7) is 6.31. The molecule has 0 aliphatic carbocycles. The Morgan fingerprint density at radius 3 is 2.24 bits per heavy atom. The van der Waals surface area contributed by atoms with E-state index in [2.05, 4.69) is 0 Å². The van der Waals surface area contributed by atoms with E-state index in [0.29, 0.717) is 6.54 Å². The van der Waals surface area contributed by atoms with Gasteiger partial charge in [0.05, 0.1) is 18.0 Å². The molecular weight excluding hydrogens is 459 g/mol. The van der Waals surface area contributed by atoms with Crippen molar-refractivity contribution in [3.63, 3.8) is 0 Å². The maximum absolute atomic E-state index is 13.4. The highest BCUT2D eigenvalue weighted by molar-refractivity contribution is 7.89. The Morgan fingerprint density at radius 1 is 1.00 bits per heavy atom. The molecular formula is C25H29FN2O3S2. The molecule has 3 aromatic rings. The number of thiophene rings is 1. The van der Waals surface area contributed by atoms with E-state index < -0.39 is 10.0 Å². The van der Waals surface area contributed by atoms with Gasteiger partial charge >= 0.3 is 0 Å². The lowest BCUT2D eigenvalue weighted by Crippen LogP contribution is -2.43. The lowest BCUT2D eigenvalue weighted by Gasteiger charge is -2.28. The zero-order valence-electron chi connectivity index (χ0n) is 19.1. The van der Waals surface area contributed by atoms with Crippen LogP contribution in [0, 0.1) is 18.7 Å². The van der Waals surface area contributed by atoms with E-state index in [1.165, 1.54) is 27.8 Å². The van der Waals surface area contributed by atoms with Gasteiger partial charge in [-0.1, -0.05) is 49.7 Å². The number of carbonyl (C=O) groups is 1. The molecule has 0 bridgehead atoms. The van der Waals surface area contributed by atoms with Gasteiger partial charge in [-0.05, 0) is 54.1 Å². The van der Waals surface area contributed by atoms with E-state index in [9.17, 15) is 17.6 Å². The molecule has 176 valence electrons. The summed E-state index contributed by atoms with van der Waals surface area (Å²) >= 11 is 1.53. The maximum atomic E-state index is 13.4. The number of halogens is 1. The summed E-state index contributed by atoms with van der Waals surface area (Å²) < 4.78 is 41.3. The molecule has 0 radical (unpaired) electrons. The fraction of sp³-hybridized carbons (Fsp3) is 0.320. The molecule has 0 atom stereocenters. The third-order valence-electron chi connectivity index (χ3n) is 5.11. The van der Waals surface area contributed by atoms with Crippen molar-refractivity contribution in [3.8, 4) is 0 Å². The first-order valence-electron chi connectivity index (χ1n) is 10.8. The van der Waals surface area contributed by atoms with Gasteiger partial charge in [0.25, 0.3) is 0 Å². The van der Waals surface area contributed by atoms with E-state index in [1.807, 2.05) is 38.3 Å². The first-order chi connectivity index (χ1) is 15.6. The van der Waals surface area contributed by atoms with E-state index in [4.69, 9.17) is 0 Å². The molecule has 1 amide bonds. The van der Waals surface area contributed by atoms with Crippen LogP contribution in [0.4, 0.5) is 4.39 Å². The van der Waals surface area contributed by atoms with Crippen molar-refractivity contribution in [2.45, 2.75) is 38.8 Å². The quantitative estimate of drug-likeness (QED) is 0.400. The van der Waals surface area contributed by atoms with Crippen LogP contribution in [-0.4, -0.2) is 36.6 Å². The van der Waals surface area contributed by atoms with Crippen molar-refractivity contribution in [3.05, 3.63) is 87.9 Å². The minimum atomic E-state index is -3.84. The summed E-state index contributed by atoms with van der Waals surface area (Å²) in [5, 5.41) is 1.93. The number of nitrogens with zero attached hydrogens (tertiary/aromatic N) is 2. The monoisotopic (exact) mass is 488 g/mol. The molecule has 0 unspecified atom stereocenters. The summed E-state index contributed by atoms with van der Waals surface area (Å²) in [6.07, 6.45) is 0. The van der Waals surface area contributed by atoms with Crippen LogP contribution < -0.4 is 0 Å². The minimum Gasteiger partial charge on any atom is -0.332 e. The van der Waals surface area contributed by atoms with E-state index in [1.54, 1.807) is 41.3 Å². The fourth-order valence-corrected chi connectivity index (χ4v) is 5.67. The molecule has 5 nitrogen and oxygen atoms in total. The van der Waals surface area contributed by atoms with Crippen LogP contribution in [0.15, 0.2) is 70.9 Å². The highest BCUT2D eigenvalue weighted by Gasteiger charge is 2.29. The lowest BCUT2D eigenvalue weighted by molar-refractivity contribution is -0.132. The molecule has 0 aliphatic heterocycles. The van der Waals surface area contributed by atoms with Gasteiger partial charge < -0.3 is 4.90 Å². The SMILES string of the molecule is Cc1ccc(S(=O)(=O)N(CC(=O)N(Cc2ccc(F)cc2)Cc2cccs2)CC(C)C)cc1. The van der Waals surface area contributed by atoms with Crippen LogP contribution in [0.5, 0.6) is 0 Å². The number of aryl methyl sites for hydroxylation is 1. The highest BCUT2D eigenvalue weighted by Crippen LogP contribution is 2.20. The molecule has 1 aromatic heterocycles. The number of benzene rings is 2. The Hall–Kier alpha value is -2.55. The van der Waals surface area contributed by atoms with Gasteiger partial charge in [0.2, 0.25) is 15.9 Å². The number of hydrogen-bond acceptors (Lipinski definition) is 4. The number of carbonyl (C=O) groups excluding carboxylic acids is 1. The van der Waals surface area contributed by atoms with Gasteiger partial charge in [-0.25, -0.2) is 12.8 Å². The maximum Gasteiger partial charge on any atom is 0.243 e. The molecule has 0 saturated carbocycles. The van der Waals surface area contributed by atoms with Gasteiger partial charge in [-0.2, -0.15) is 4.31 Å². The second kappa shape index (κ2) is 11.0. The second-order valence-corrected chi connectivity index (χ2v) is 11.4. The number of sulfonamides is 1. The van der Waals surface area contributed by atoms with Gasteiger partial charge in [0.15, 0.2) is 0 Å². The first-order valence-corrected chi connectivity index (χ1v) is 13.1. The predicted molar refractivity (Wildman–Crippen MR) is 130 cm³/mol. The van der Waals surface area contributed by atoms with Crippen molar-refractivity contribution in [1.82, 2.24) is 9.21 Å². The Labute approximate surface area is 199 Å². The van der Waals surface area contributed by atoms with Crippen LogP contribution in [0.25, 0.3) is 0 Å². The fourth-order valence-electron chi connectivity index (χ4n) is 3.40. The molecule has 0 aliphatic rings. The highest BCUT2D eigenvalue weighted by atomic mass is 32.2. The van der Waals surface area contributed by atoms with Crippen LogP contribution in [0.2, 0.25) is 0 Å². The summed E-state index contributed by atoms with van der Waals surface area (Å²) in [4.78, 5) is 16.2. The summed E-state index contributed by atoms with van der Waals surface area (Å²) in [5.74, 6) is -0.605. The summed E-state index contributed by atoms with van der Waals surface area (Å²) in [5.41, 5.74) is 1.74. The van der Waals surface area contributed by atoms with Gasteiger partial charge in [-0.15, -0.1) is 11.3 Å². The Morgan fingerprint density at radius 2 is 1.67 bits per heavy atom. The Balaban J connectivity index is 1.86. The first kappa shape index (κ1) is 25.1. The predicted octanol–water partition coefficient (Wildman–Crippen LogP) is 5.07.